The lowest BCUT2D eigenvalue weighted by Gasteiger charge is -2.34. The summed E-state index contributed by atoms with van der Waals surface area (Å²) in [6, 6.07) is 9.45. The molecule has 24 heavy (non-hydrogen) atoms. The summed E-state index contributed by atoms with van der Waals surface area (Å²) in [4.78, 5) is 16.6. The van der Waals surface area contributed by atoms with Crippen molar-refractivity contribution in [3.63, 3.8) is 0 Å². The number of benzene rings is 1. The lowest BCUT2D eigenvalue weighted by atomic mass is 10.0. The zero-order valence-electron chi connectivity index (χ0n) is 14.4. The Kier molecular flexibility index (Phi) is 7.12. The molecule has 1 saturated heterocycles. The van der Waals surface area contributed by atoms with Crippen LogP contribution in [0.2, 0.25) is 0 Å². The number of likely N-dealkylation sites (N-methyl/N-ethyl adjacent to an activating group) is 1. The predicted molar refractivity (Wildman–Crippen MR) is 91.1 cm³/mol. The number of piperidine rings is 1. The highest BCUT2D eigenvalue weighted by Gasteiger charge is 2.28. The van der Waals surface area contributed by atoms with Crippen LogP contribution < -0.4 is 5.32 Å². The number of halogens is 2. The van der Waals surface area contributed by atoms with Gasteiger partial charge in [-0.3, -0.25) is 14.6 Å². The Morgan fingerprint density at radius 1 is 1.29 bits per heavy atom. The average Bonchev–Trinajstić information content (AvgIpc) is 2.57. The largest absolute Gasteiger partial charge is 0.352 e. The smallest absolute Gasteiger partial charge is 0.251 e. The summed E-state index contributed by atoms with van der Waals surface area (Å²) < 4.78 is 24.9. The van der Waals surface area contributed by atoms with Gasteiger partial charge in [-0.25, -0.2) is 8.78 Å². The maximum atomic E-state index is 12.8. The van der Waals surface area contributed by atoms with Crippen LogP contribution in [0.3, 0.4) is 0 Å². The van der Waals surface area contributed by atoms with E-state index in [4.69, 9.17) is 0 Å². The molecule has 2 rings (SSSR count). The number of amides is 1. The summed E-state index contributed by atoms with van der Waals surface area (Å²) >= 11 is 0. The monoisotopic (exact) mass is 339 g/mol. The van der Waals surface area contributed by atoms with Gasteiger partial charge in [-0.1, -0.05) is 37.3 Å². The third-order valence-corrected chi connectivity index (χ3v) is 4.63. The van der Waals surface area contributed by atoms with Gasteiger partial charge in [0, 0.05) is 19.1 Å². The Morgan fingerprint density at radius 3 is 2.46 bits per heavy atom. The first kappa shape index (κ1) is 18.8. The van der Waals surface area contributed by atoms with Crippen LogP contribution in [0.1, 0.15) is 31.4 Å². The number of alkyl halides is 2. The van der Waals surface area contributed by atoms with Crippen LogP contribution in [0.4, 0.5) is 8.78 Å². The summed E-state index contributed by atoms with van der Waals surface area (Å²) in [6.07, 6.45) is -0.858. The van der Waals surface area contributed by atoms with Crippen molar-refractivity contribution < 1.29 is 13.6 Å². The maximum Gasteiger partial charge on any atom is 0.251 e. The van der Waals surface area contributed by atoms with E-state index in [1.54, 1.807) is 4.90 Å². The Hall–Kier alpha value is -1.53. The molecule has 1 fully saturated rings. The highest BCUT2D eigenvalue weighted by molar-refractivity contribution is 5.83. The van der Waals surface area contributed by atoms with Crippen LogP contribution in [0.5, 0.6) is 0 Å². The van der Waals surface area contributed by atoms with Gasteiger partial charge in [-0.05, 0) is 32.0 Å². The van der Waals surface area contributed by atoms with E-state index in [0.29, 0.717) is 13.1 Å². The Balaban J connectivity index is 1.94. The second-order valence-electron chi connectivity index (χ2n) is 6.36. The van der Waals surface area contributed by atoms with Crippen LogP contribution >= 0.6 is 0 Å². The fraction of sp³-hybridized carbons (Fsp3) is 0.611. The minimum atomic E-state index is -2.29. The van der Waals surface area contributed by atoms with Crippen LogP contribution in [0, 0.1) is 0 Å². The van der Waals surface area contributed by atoms with Crippen LogP contribution in [-0.4, -0.2) is 61.4 Å². The van der Waals surface area contributed by atoms with Gasteiger partial charge in [-0.15, -0.1) is 0 Å². The molecule has 1 N–H and O–H groups in total. The van der Waals surface area contributed by atoms with Crippen molar-refractivity contribution in [2.45, 2.75) is 38.3 Å². The Labute approximate surface area is 142 Å². The number of likely N-dealkylation sites (tertiary alicyclic amines) is 1. The van der Waals surface area contributed by atoms with Crippen LogP contribution in [0.25, 0.3) is 0 Å². The predicted octanol–water partition coefficient (Wildman–Crippen LogP) is 2.53. The van der Waals surface area contributed by atoms with Gasteiger partial charge in [0.1, 0.15) is 6.04 Å². The highest BCUT2D eigenvalue weighted by Crippen LogP contribution is 2.20. The minimum Gasteiger partial charge on any atom is -0.352 e. The van der Waals surface area contributed by atoms with E-state index in [2.05, 4.69) is 5.32 Å². The fourth-order valence-corrected chi connectivity index (χ4v) is 3.16. The van der Waals surface area contributed by atoms with Gasteiger partial charge >= 0.3 is 0 Å². The van der Waals surface area contributed by atoms with Crippen molar-refractivity contribution in [3.05, 3.63) is 35.9 Å². The second-order valence-corrected chi connectivity index (χ2v) is 6.36. The molecule has 0 unspecified atom stereocenters. The van der Waals surface area contributed by atoms with Gasteiger partial charge < -0.3 is 5.32 Å². The van der Waals surface area contributed by atoms with E-state index >= 15 is 0 Å². The Bertz CT molecular complexity index is 504. The molecule has 134 valence electrons. The van der Waals surface area contributed by atoms with Gasteiger partial charge in [0.15, 0.2) is 0 Å². The number of hydrogen-bond acceptors (Lipinski definition) is 3. The molecule has 0 aromatic heterocycles. The standard InChI is InChI=1S/C18H27F2N3O/c1-3-22(2)17(14-7-5-4-6-8-14)18(24)21-15-9-11-23(12-10-15)13-16(19)20/h4-8,15-17H,3,9-13H2,1-2H3,(H,21,24)/t17-/m0/s1. The summed E-state index contributed by atoms with van der Waals surface area (Å²) in [6.45, 7) is 3.82. The molecule has 4 nitrogen and oxygen atoms in total. The molecule has 0 aliphatic carbocycles. The number of rotatable bonds is 7. The maximum absolute atomic E-state index is 12.8. The van der Waals surface area contributed by atoms with Crippen LogP contribution in [-0.2, 0) is 4.79 Å². The molecule has 1 atom stereocenters. The van der Waals surface area contributed by atoms with E-state index in [1.807, 2.05) is 49.2 Å². The molecule has 1 aliphatic rings. The summed E-state index contributed by atoms with van der Waals surface area (Å²) in [5, 5.41) is 3.11. The molecule has 1 amide bonds. The van der Waals surface area contributed by atoms with Crippen molar-refractivity contribution in [3.8, 4) is 0 Å². The van der Waals surface area contributed by atoms with Gasteiger partial charge in [0.25, 0.3) is 6.43 Å². The summed E-state index contributed by atoms with van der Waals surface area (Å²) in [5.74, 6) is -0.0159. The topological polar surface area (TPSA) is 35.6 Å². The minimum absolute atomic E-state index is 0.0159. The van der Waals surface area contributed by atoms with Crippen LogP contribution in [0.15, 0.2) is 30.3 Å². The average molecular weight is 339 g/mol. The number of carbonyl (C=O) groups is 1. The molecule has 1 heterocycles. The first-order valence-electron chi connectivity index (χ1n) is 8.57. The number of nitrogens with one attached hydrogen (secondary N) is 1. The lowest BCUT2D eigenvalue weighted by molar-refractivity contribution is -0.127. The fourth-order valence-electron chi connectivity index (χ4n) is 3.16. The number of hydrogen-bond donors (Lipinski definition) is 1. The zero-order valence-corrected chi connectivity index (χ0v) is 14.4. The van der Waals surface area contributed by atoms with Crippen molar-refractivity contribution >= 4 is 5.91 Å². The molecular weight excluding hydrogens is 312 g/mol. The van der Waals surface area contributed by atoms with Crippen molar-refractivity contribution in [1.82, 2.24) is 15.1 Å². The highest BCUT2D eigenvalue weighted by atomic mass is 19.3. The molecule has 1 aliphatic heterocycles. The SMILES string of the molecule is CCN(C)[C@H](C(=O)NC1CCN(CC(F)F)CC1)c1ccccc1. The zero-order chi connectivity index (χ0) is 17.5. The first-order valence-corrected chi connectivity index (χ1v) is 8.57. The molecule has 0 saturated carbocycles. The molecule has 0 radical (unpaired) electrons. The number of carbonyl (C=O) groups excluding carboxylic acids is 1. The van der Waals surface area contributed by atoms with Crippen molar-refractivity contribution in [2.24, 2.45) is 0 Å². The Morgan fingerprint density at radius 2 is 1.92 bits per heavy atom. The molecular formula is C18H27F2N3O. The van der Waals surface area contributed by atoms with Gasteiger partial charge in [0.2, 0.25) is 5.91 Å². The van der Waals surface area contributed by atoms with Crippen molar-refractivity contribution in [2.75, 3.05) is 33.2 Å². The third-order valence-electron chi connectivity index (χ3n) is 4.63. The normalized spacial score (nSPS) is 18.1. The summed E-state index contributed by atoms with van der Waals surface area (Å²) in [7, 11) is 1.93. The van der Waals surface area contributed by atoms with E-state index in [1.165, 1.54) is 0 Å². The van der Waals surface area contributed by atoms with Gasteiger partial charge in [0.05, 0.1) is 6.54 Å². The van der Waals surface area contributed by atoms with E-state index in [-0.39, 0.29) is 24.5 Å². The van der Waals surface area contributed by atoms with Crippen molar-refractivity contribution in [1.29, 1.82) is 0 Å². The third kappa shape index (κ3) is 5.24. The first-order chi connectivity index (χ1) is 11.5. The summed E-state index contributed by atoms with van der Waals surface area (Å²) in [5.41, 5.74) is 0.967. The molecule has 1 aromatic carbocycles. The van der Waals surface area contributed by atoms with E-state index < -0.39 is 6.43 Å². The molecule has 1 aromatic rings. The van der Waals surface area contributed by atoms with E-state index in [0.717, 1.165) is 24.9 Å². The quantitative estimate of drug-likeness (QED) is 0.829. The molecule has 6 heteroatoms. The lowest BCUT2D eigenvalue weighted by Crippen LogP contribution is -2.48. The molecule has 0 bridgehead atoms. The van der Waals surface area contributed by atoms with Gasteiger partial charge in [-0.2, -0.15) is 0 Å². The number of nitrogens with zero attached hydrogens (tertiary/aromatic N) is 2. The van der Waals surface area contributed by atoms with E-state index in [9.17, 15) is 13.6 Å². The molecule has 0 spiro atoms. The second kappa shape index (κ2) is 9.08.